The molecule has 0 bridgehead atoms. The summed E-state index contributed by atoms with van der Waals surface area (Å²) in [7, 11) is 0. The van der Waals surface area contributed by atoms with Gasteiger partial charge < -0.3 is 10.6 Å². The number of amidine groups is 1. The van der Waals surface area contributed by atoms with E-state index in [-0.39, 0.29) is 5.91 Å². The third-order valence-corrected chi connectivity index (χ3v) is 3.80. The van der Waals surface area contributed by atoms with Gasteiger partial charge in [-0.3, -0.25) is 9.79 Å². The summed E-state index contributed by atoms with van der Waals surface area (Å²) in [4.78, 5) is 15.9. The molecule has 6 heteroatoms. The number of thioether (sulfide) groups is 1. The van der Waals surface area contributed by atoms with E-state index in [2.05, 4.69) is 15.6 Å². The highest BCUT2D eigenvalue weighted by Crippen LogP contribution is 2.20. The molecule has 2 N–H and O–H groups in total. The molecule has 0 saturated carbocycles. The molecule has 1 aliphatic heterocycles. The summed E-state index contributed by atoms with van der Waals surface area (Å²) in [6, 6.07) is 5.48. The van der Waals surface area contributed by atoms with Crippen LogP contribution in [0.1, 0.15) is 5.56 Å². The fraction of sp³-hybridized carbons (Fsp3) is 0.333. The number of halogens is 1. The number of carbonyl (C=O) groups excluding carboxylic acids is 1. The number of aliphatic imine (C=N–C) groups is 1. The molecule has 0 aliphatic carbocycles. The fourth-order valence-electron chi connectivity index (χ4n) is 1.47. The average molecular weight is 284 g/mol. The van der Waals surface area contributed by atoms with Crippen molar-refractivity contribution in [2.75, 3.05) is 24.2 Å². The van der Waals surface area contributed by atoms with E-state index in [9.17, 15) is 4.79 Å². The number of benzene rings is 1. The molecule has 2 rings (SSSR count). The van der Waals surface area contributed by atoms with E-state index < -0.39 is 0 Å². The third-order valence-electron chi connectivity index (χ3n) is 2.44. The fourth-order valence-corrected chi connectivity index (χ4v) is 2.38. The standard InChI is InChI=1S/C12H14ClN3OS/c1-8-2-3-9(6-10(8)13)16-11(17)7-18-12-14-4-5-15-12/h2-3,6H,4-5,7H2,1H3,(H,14,15)(H,16,17). The lowest BCUT2D eigenvalue weighted by molar-refractivity contribution is -0.113. The zero-order chi connectivity index (χ0) is 13.0. The first-order chi connectivity index (χ1) is 8.65. The van der Waals surface area contributed by atoms with E-state index in [0.717, 1.165) is 29.5 Å². The van der Waals surface area contributed by atoms with Crippen LogP contribution in [0.25, 0.3) is 0 Å². The van der Waals surface area contributed by atoms with Crippen molar-refractivity contribution in [3.63, 3.8) is 0 Å². The molecule has 0 spiro atoms. The van der Waals surface area contributed by atoms with Gasteiger partial charge in [-0.15, -0.1) is 0 Å². The Balaban J connectivity index is 1.84. The quantitative estimate of drug-likeness (QED) is 0.895. The molecule has 18 heavy (non-hydrogen) atoms. The van der Waals surface area contributed by atoms with Crippen LogP contribution in [0.2, 0.25) is 5.02 Å². The normalized spacial score (nSPS) is 14.0. The summed E-state index contributed by atoms with van der Waals surface area (Å²) in [5.74, 6) is 0.286. The van der Waals surface area contributed by atoms with Crippen molar-refractivity contribution in [1.82, 2.24) is 5.32 Å². The first kappa shape index (κ1) is 13.2. The van der Waals surface area contributed by atoms with Gasteiger partial charge in [0.1, 0.15) is 0 Å². The minimum atomic E-state index is -0.0590. The number of amides is 1. The second-order valence-corrected chi connectivity index (χ2v) is 5.29. The van der Waals surface area contributed by atoms with Gasteiger partial charge >= 0.3 is 0 Å². The van der Waals surface area contributed by atoms with Gasteiger partial charge in [-0.1, -0.05) is 29.4 Å². The van der Waals surface area contributed by atoms with E-state index in [4.69, 9.17) is 11.6 Å². The van der Waals surface area contributed by atoms with Crippen LogP contribution in [0.15, 0.2) is 23.2 Å². The molecule has 0 fully saturated rings. The number of nitrogens with one attached hydrogen (secondary N) is 2. The third kappa shape index (κ3) is 3.65. The highest BCUT2D eigenvalue weighted by Gasteiger charge is 2.09. The molecule has 0 aromatic heterocycles. The average Bonchev–Trinajstić information content (AvgIpc) is 2.84. The first-order valence-corrected chi connectivity index (χ1v) is 6.98. The van der Waals surface area contributed by atoms with Gasteiger partial charge in [-0.25, -0.2) is 0 Å². The predicted molar refractivity (Wildman–Crippen MR) is 77.6 cm³/mol. The van der Waals surface area contributed by atoms with Crippen molar-refractivity contribution in [1.29, 1.82) is 0 Å². The van der Waals surface area contributed by atoms with Crippen molar-refractivity contribution < 1.29 is 4.79 Å². The van der Waals surface area contributed by atoms with Crippen LogP contribution in [0, 0.1) is 6.92 Å². The largest absolute Gasteiger partial charge is 0.363 e. The van der Waals surface area contributed by atoms with E-state index in [0.29, 0.717) is 10.8 Å². The van der Waals surface area contributed by atoms with Crippen LogP contribution in [0.4, 0.5) is 5.69 Å². The summed E-state index contributed by atoms with van der Waals surface area (Å²) in [5, 5.41) is 7.41. The summed E-state index contributed by atoms with van der Waals surface area (Å²) in [6.07, 6.45) is 0. The Bertz CT molecular complexity index is 490. The maximum Gasteiger partial charge on any atom is 0.234 e. The summed E-state index contributed by atoms with van der Waals surface area (Å²) in [6.45, 7) is 3.57. The van der Waals surface area contributed by atoms with E-state index in [1.807, 2.05) is 19.1 Å². The molecule has 1 aliphatic rings. The number of nitrogens with zero attached hydrogens (tertiary/aromatic N) is 1. The van der Waals surface area contributed by atoms with Gasteiger partial charge in [0.05, 0.1) is 12.3 Å². The zero-order valence-corrected chi connectivity index (χ0v) is 11.6. The second kappa shape index (κ2) is 6.11. The Kier molecular flexibility index (Phi) is 4.49. The zero-order valence-electron chi connectivity index (χ0n) is 10.00. The van der Waals surface area contributed by atoms with Gasteiger partial charge in [0.2, 0.25) is 5.91 Å². The topological polar surface area (TPSA) is 53.5 Å². The Labute approximate surface area is 115 Å². The Morgan fingerprint density at radius 2 is 2.44 bits per heavy atom. The molecular formula is C12H14ClN3OS. The van der Waals surface area contributed by atoms with Crippen LogP contribution in [0.5, 0.6) is 0 Å². The molecule has 0 unspecified atom stereocenters. The lowest BCUT2D eigenvalue weighted by atomic mass is 10.2. The van der Waals surface area contributed by atoms with Gasteiger partial charge in [0, 0.05) is 17.3 Å². The van der Waals surface area contributed by atoms with Gasteiger partial charge in [0.25, 0.3) is 0 Å². The lowest BCUT2D eigenvalue weighted by Gasteiger charge is -2.06. The predicted octanol–water partition coefficient (Wildman–Crippen LogP) is 2.28. The SMILES string of the molecule is Cc1ccc(NC(=O)CSC2=NCCN2)cc1Cl. The number of anilines is 1. The van der Waals surface area contributed by atoms with Crippen LogP contribution in [-0.4, -0.2) is 29.9 Å². The van der Waals surface area contributed by atoms with Crippen molar-refractivity contribution in [3.8, 4) is 0 Å². The van der Waals surface area contributed by atoms with Crippen LogP contribution in [-0.2, 0) is 4.79 Å². The second-order valence-electron chi connectivity index (χ2n) is 3.91. The van der Waals surface area contributed by atoms with Crippen LogP contribution >= 0.6 is 23.4 Å². The number of aryl methyl sites for hydroxylation is 1. The number of hydrogen-bond acceptors (Lipinski definition) is 4. The highest BCUT2D eigenvalue weighted by atomic mass is 35.5. The van der Waals surface area contributed by atoms with Gasteiger partial charge in [-0.05, 0) is 24.6 Å². The molecule has 0 radical (unpaired) electrons. The molecular weight excluding hydrogens is 270 g/mol. The smallest absolute Gasteiger partial charge is 0.234 e. The van der Waals surface area contributed by atoms with Gasteiger partial charge in [-0.2, -0.15) is 0 Å². The minimum Gasteiger partial charge on any atom is -0.363 e. The minimum absolute atomic E-state index is 0.0590. The maximum absolute atomic E-state index is 11.7. The molecule has 1 aromatic carbocycles. The van der Waals surface area contributed by atoms with E-state index in [1.54, 1.807) is 6.07 Å². The Morgan fingerprint density at radius 3 is 3.11 bits per heavy atom. The first-order valence-electron chi connectivity index (χ1n) is 5.62. The van der Waals surface area contributed by atoms with Crippen molar-refractivity contribution >= 4 is 40.1 Å². The van der Waals surface area contributed by atoms with E-state index >= 15 is 0 Å². The van der Waals surface area contributed by atoms with Crippen molar-refractivity contribution in [2.45, 2.75) is 6.92 Å². The lowest BCUT2D eigenvalue weighted by Crippen LogP contribution is -2.20. The molecule has 1 aromatic rings. The number of rotatable bonds is 3. The summed E-state index contributed by atoms with van der Waals surface area (Å²) >= 11 is 7.40. The van der Waals surface area contributed by atoms with Crippen LogP contribution < -0.4 is 10.6 Å². The van der Waals surface area contributed by atoms with Gasteiger partial charge in [0.15, 0.2) is 5.17 Å². The summed E-state index contributed by atoms with van der Waals surface area (Å²) in [5.41, 5.74) is 1.71. The molecule has 1 heterocycles. The van der Waals surface area contributed by atoms with E-state index in [1.165, 1.54) is 11.8 Å². The van der Waals surface area contributed by atoms with Crippen LogP contribution in [0.3, 0.4) is 0 Å². The highest BCUT2D eigenvalue weighted by molar-refractivity contribution is 8.14. The number of hydrogen-bond donors (Lipinski definition) is 2. The molecule has 0 saturated heterocycles. The molecule has 4 nitrogen and oxygen atoms in total. The van der Waals surface area contributed by atoms with Crippen molar-refractivity contribution in [2.24, 2.45) is 4.99 Å². The number of carbonyl (C=O) groups is 1. The Morgan fingerprint density at radius 1 is 1.61 bits per heavy atom. The summed E-state index contributed by atoms with van der Waals surface area (Å²) < 4.78 is 0. The molecule has 96 valence electrons. The monoisotopic (exact) mass is 283 g/mol. The maximum atomic E-state index is 11.7. The molecule has 1 amide bonds. The van der Waals surface area contributed by atoms with Crippen molar-refractivity contribution in [3.05, 3.63) is 28.8 Å². The molecule has 0 atom stereocenters. The Hall–Kier alpha value is -1.20.